The van der Waals surface area contributed by atoms with Crippen molar-refractivity contribution in [3.8, 4) is 0 Å². The van der Waals surface area contributed by atoms with Crippen molar-refractivity contribution in [1.82, 2.24) is 0 Å². The van der Waals surface area contributed by atoms with Crippen molar-refractivity contribution in [2.24, 2.45) is 0 Å². The molecular formula is C8H10O2. The van der Waals surface area contributed by atoms with Crippen molar-refractivity contribution in [1.29, 1.82) is 0 Å². The van der Waals surface area contributed by atoms with Crippen molar-refractivity contribution in [2.75, 3.05) is 7.11 Å². The van der Waals surface area contributed by atoms with E-state index in [-0.39, 0.29) is 11.9 Å². The van der Waals surface area contributed by atoms with Crippen LogP contribution in [-0.2, 0) is 9.47 Å². The van der Waals surface area contributed by atoms with Gasteiger partial charge in [-0.05, 0) is 19.1 Å². The summed E-state index contributed by atoms with van der Waals surface area (Å²) in [5.74, 6) is -0.389. The average molecular weight is 138 g/mol. The van der Waals surface area contributed by atoms with Crippen molar-refractivity contribution in [3.63, 3.8) is 0 Å². The van der Waals surface area contributed by atoms with E-state index < -0.39 is 0 Å². The molecule has 2 atom stereocenters. The molecule has 54 valence electrons. The molecule has 0 bridgehead atoms. The lowest BCUT2D eigenvalue weighted by Crippen LogP contribution is -2.15. The maximum atomic E-state index is 5.30. The Labute approximate surface area is 60.1 Å². The topological polar surface area (TPSA) is 21.8 Å². The molecule has 2 heteroatoms. The van der Waals surface area contributed by atoms with Gasteiger partial charge < -0.3 is 9.47 Å². The Kier molecular flexibility index (Phi) is 1.05. The van der Waals surface area contributed by atoms with E-state index in [9.17, 15) is 0 Å². The first-order valence-electron chi connectivity index (χ1n) is 3.37. The summed E-state index contributed by atoms with van der Waals surface area (Å²) < 4.78 is 10.4. The summed E-state index contributed by atoms with van der Waals surface area (Å²) in [5, 5.41) is 0. The van der Waals surface area contributed by atoms with Crippen LogP contribution in [0.1, 0.15) is 6.92 Å². The van der Waals surface area contributed by atoms with Crippen LogP contribution in [0.4, 0.5) is 0 Å². The van der Waals surface area contributed by atoms with Gasteiger partial charge in [0.2, 0.25) is 5.79 Å². The van der Waals surface area contributed by atoms with Gasteiger partial charge in [0.25, 0.3) is 0 Å². The third-order valence-electron chi connectivity index (χ3n) is 1.96. The lowest BCUT2D eigenvalue weighted by molar-refractivity contribution is 0.0300. The molecule has 0 aromatic heterocycles. The highest BCUT2D eigenvalue weighted by Crippen LogP contribution is 2.42. The highest BCUT2D eigenvalue weighted by molar-refractivity contribution is 5.33. The van der Waals surface area contributed by atoms with Crippen molar-refractivity contribution in [3.05, 3.63) is 23.8 Å². The Morgan fingerprint density at radius 2 is 2.50 bits per heavy atom. The van der Waals surface area contributed by atoms with Crippen LogP contribution >= 0.6 is 0 Å². The number of ether oxygens (including phenoxy) is 2. The van der Waals surface area contributed by atoms with E-state index in [1.807, 2.05) is 12.2 Å². The zero-order valence-corrected chi connectivity index (χ0v) is 6.13. The fraction of sp³-hybridized carbons (Fsp3) is 0.500. The molecule has 10 heavy (non-hydrogen) atoms. The minimum absolute atomic E-state index is 0.169. The van der Waals surface area contributed by atoms with Gasteiger partial charge in [0.05, 0.1) is 0 Å². The summed E-state index contributed by atoms with van der Waals surface area (Å²) in [6.45, 7) is 2.05. The maximum Gasteiger partial charge on any atom is 0.219 e. The first kappa shape index (κ1) is 6.13. The molecule has 2 nitrogen and oxygen atoms in total. The number of hydrogen-bond acceptors (Lipinski definition) is 2. The van der Waals surface area contributed by atoms with Crippen molar-refractivity contribution < 1.29 is 9.47 Å². The van der Waals surface area contributed by atoms with Crippen LogP contribution in [0.3, 0.4) is 0 Å². The summed E-state index contributed by atoms with van der Waals surface area (Å²) >= 11 is 0. The van der Waals surface area contributed by atoms with Crippen LogP contribution < -0.4 is 0 Å². The van der Waals surface area contributed by atoms with Gasteiger partial charge in [-0.1, -0.05) is 11.6 Å². The molecule has 2 rings (SSSR count). The second-order valence-corrected chi connectivity index (χ2v) is 2.71. The zero-order chi connectivity index (χ0) is 7.19. The normalized spacial score (nSPS) is 42.6. The number of allylic oxidation sites excluding steroid dienone is 2. The number of methoxy groups -OCH3 is 1. The quantitative estimate of drug-likeness (QED) is 0.508. The van der Waals surface area contributed by atoms with Crippen molar-refractivity contribution in [2.45, 2.75) is 18.8 Å². The van der Waals surface area contributed by atoms with Crippen LogP contribution in [-0.4, -0.2) is 19.0 Å². The SMILES string of the molecule is COC12C=CC(C)=CC1O2. The molecule has 2 aliphatic rings. The minimum Gasteiger partial charge on any atom is -0.347 e. The first-order valence-corrected chi connectivity index (χ1v) is 3.37. The molecule has 0 radical (unpaired) electrons. The molecule has 1 fully saturated rings. The molecule has 0 spiro atoms. The molecule has 1 heterocycles. The standard InChI is InChI=1S/C8H10O2/c1-6-3-4-8(9-2)7(5-6)10-8/h3-5,7H,1-2H3. The molecule has 0 aromatic rings. The summed E-state index contributed by atoms with van der Waals surface area (Å²) in [5.41, 5.74) is 1.25. The summed E-state index contributed by atoms with van der Waals surface area (Å²) in [7, 11) is 1.67. The van der Waals surface area contributed by atoms with Gasteiger partial charge in [-0.2, -0.15) is 0 Å². The number of rotatable bonds is 1. The molecule has 1 aliphatic carbocycles. The fourth-order valence-electron chi connectivity index (χ4n) is 1.22. The van der Waals surface area contributed by atoms with Gasteiger partial charge in [-0.3, -0.25) is 0 Å². The highest BCUT2D eigenvalue weighted by Gasteiger charge is 2.55. The Bertz CT molecular complexity index is 217. The first-order chi connectivity index (χ1) is 4.77. The van der Waals surface area contributed by atoms with Gasteiger partial charge >= 0.3 is 0 Å². The minimum atomic E-state index is -0.389. The van der Waals surface area contributed by atoms with Crippen LogP contribution in [0.2, 0.25) is 0 Å². The second kappa shape index (κ2) is 1.71. The molecule has 0 amide bonds. The predicted octanol–water partition coefficient (Wildman–Crippen LogP) is 1.24. The summed E-state index contributed by atoms with van der Waals surface area (Å²) in [4.78, 5) is 0. The van der Waals surface area contributed by atoms with Gasteiger partial charge in [0.15, 0.2) is 0 Å². The molecule has 0 saturated carbocycles. The highest BCUT2D eigenvalue weighted by atomic mass is 16.8. The number of fused-ring (bicyclic) bond motifs is 1. The largest absolute Gasteiger partial charge is 0.347 e. The van der Waals surface area contributed by atoms with E-state index in [1.165, 1.54) is 5.57 Å². The Balaban J connectivity index is 2.23. The summed E-state index contributed by atoms with van der Waals surface area (Å²) in [6, 6.07) is 0. The van der Waals surface area contributed by atoms with E-state index in [2.05, 4.69) is 13.0 Å². The van der Waals surface area contributed by atoms with Crippen molar-refractivity contribution >= 4 is 0 Å². The third-order valence-corrected chi connectivity index (χ3v) is 1.96. The Hall–Kier alpha value is -0.600. The predicted molar refractivity (Wildman–Crippen MR) is 37.5 cm³/mol. The average Bonchev–Trinajstić information content (AvgIpc) is 2.62. The van der Waals surface area contributed by atoms with E-state index >= 15 is 0 Å². The molecule has 2 unspecified atom stereocenters. The smallest absolute Gasteiger partial charge is 0.219 e. The molecular weight excluding hydrogens is 128 g/mol. The lowest BCUT2D eigenvalue weighted by atomic mass is 10.1. The van der Waals surface area contributed by atoms with Crippen LogP contribution in [0.25, 0.3) is 0 Å². The monoisotopic (exact) mass is 138 g/mol. The van der Waals surface area contributed by atoms with E-state index in [0.29, 0.717) is 0 Å². The van der Waals surface area contributed by atoms with Gasteiger partial charge in [0, 0.05) is 7.11 Å². The van der Waals surface area contributed by atoms with E-state index in [4.69, 9.17) is 9.47 Å². The lowest BCUT2D eigenvalue weighted by Gasteiger charge is -2.06. The fourth-order valence-corrected chi connectivity index (χ4v) is 1.22. The Morgan fingerprint density at radius 3 is 3.10 bits per heavy atom. The number of epoxide rings is 1. The van der Waals surface area contributed by atoms with Crippen LogP contribution in [0, 0.1) is 0 Å². The maximum absolute atomic E-state index is 5.30. The van der Waals surface area contributed by atoms with E-state index in [1.54, 1.807) is 7.11 Å². The van der Waals surface area contributed by atoms with Gasteiger partial charge in [0.1, 0.15) is 6.10 Å². The number of hydrogen-bond donors (Lipinski definition) is 0. The third kappa shape index (κ3) is 0.662. The Morgan fingerprint density at radius 1 is 1.70 bits per heavy atom. The van der Waals surface area contributed by atoms with E-state index in [0.717, 1.165) is 0 Å². The van der Waals surface area contributed by atoms with Crippen LogP contribution in [0.15, 0.2) is 23.8 Å². The molecule has 1 saturated heterocycles. The molecule has 0 aromatic carbocycles. The molecule has 1 aliphatic heterocycles. The van der Waals surface area contributed by atoms with Gasteiger partial charge in [-0.25, -0.2) is 0 Å². The van der Waals surface area contributed by atoms with Crippen LogP contribution in [0.5, 0.6) is 0 Å². The van der Waals surface area contributed by atoms with Gasteiger partial charge in [-0.15, -0.1) is 0 Å². The second-order valence-electron chi connectivity index (χ2n) is 2.71. The zero-order valence-electron chi connectivity index (χ0n) is 6.13. The molecule has 0 N–H and O–H groups in total. The summed E-state index contributed by atoms with van der Waals surface area (Å²) in [6.07, 6.45) is 6.23.